The molecule has 51 heavy (non-hydrogen) atoms. The van der Waals surface area contributed by atoms with Gasteiger partial charge in [0.25, 0.3) is 0 Å². The van der Waals surface area contributed by atoms with Crippen molar-refractivity contribution in [2.24, 2.45) is 0 Å². The lowest BCUT2D eigenvalue weighted by Gasteiger charge is -2.09. The second-order valence-corrected chi connectivity index (χ2v) is 12.7. The van der Waals surface area contributed by atoms with Crippen LogP contribution in [0.3, 0.4) is 0 Å². The van der Waals surface area contributed by atoms with E-state index in [0.29, 0.717) is 34.5 Å². The van der Waals surface area contributed by atoms with Crippen molar-refractivity contribution in [2.75, 3.05) is 0 Å². The van der Waals surface area contributed by atoms with Gasteiger partial charge in [-0.2, -0.15) is 0 Å². The normalized spacial score (nSPS) is 11.9. The second-order valence-electron chi connectivity index (χ2n) is 12.7. The lowest BCUT2D eigenvalue weighted by Crippen LogP contribution is -2.00. The van der Waals surface area contributed by atoms with Gasteiger partial charge in [-0.15, -0.1) is 0 Å². The number of aromatic nitrogens is 4. The molecule has 0 aliphatic carbocycles. The summed E-state index contributed by atoms with van der Waals surface area (Å²) in [5, 5.41) is 6.20. The molecule has 0 saturated carbocycles. The number of nitrogens with zero attached hydrogens (tertiary/aromatic N) is 4. The van der Waals surface area contributed by atoms with Crippen LogP contribution in [0.15, 0.2) is 159 Å². The van der Waals surface area contributed by atoms with Gasteiger partial charge in [-0.1, -0.05) is 97.1 Å². The van der Waals surface area contributed by atoms with Gasteiger partial charge in [-0.25, -0.2) is 19.9 Å². The van der Waals surface area contributed by atoms with E-state index in [0.717, 1.165) is 71.5 Å². The van der Waals surface area contributed by atoms with Gasteiger partial charge in [0, 0.05) is 49.9 Å². The maximum Gasteiger partial charge on any atom is 0.227 e. The molecule has 0 fully saturated rings. The van der Waals surface area contributed by atoms with Crippen LogP contribution in [0.25, 0.3) is 111 Å². The van der Waals surface area contributed by atoms with E-state index in [2.05, 4.69) is 36.4 Å². The molecule has 0 unspecified atom stereocenters. The third-order valence-corrected chi connectivity index (χ3v) is 9.55. The van der Waals surface area contributed by atoms with Crippen LogP contribution in [0.1, 0.15) is 0 Å². The molecule has 11 aromatic rings. The summed E-state index contributed by atoms with van der Waals surface area (Å²) in [7, 11) is 0. The number of benzene rings is 7. The van der Waals surface area contributed by atoms with Crippen molar-refractivity contribution >= 4 is 65.7 Å². The highest BCUT2D eigenvalue weighted by atomic mass is 16.4. The van der Waals surface area contributed by atoms with Crippen molar-refractivity contribution < 1.29 is 13.3 Å². The van der Waals surface area contributed by atoms with E-state index in [1.54, 1.807) is 0 Å². The lowest BCUT2D eigenvalue weighted by molar-refractivity contribution is 0.620. The summed E-state index contributed by atoms with van der Waals surface area (Å²) in [6, 6.07) is 48.5. The molecule has 0 atom stereocenters. The van der Waals surface area contributed by atoms with Gasteiger partial charge < -0.3 is 13.3 Å². The van der Waals surface area contributed by atoms with Crippen LogP contribution < -0.4 is 0 Å². The molecular formula is C44H24N4O3. The number of fused-ring (bicyclic) bond motifs is 8. The zero-order chi connectivity index (χ0) is 33.5. The van der Waals surface area contributed by atoms with Crippen LogP contribution in [0.5, 0.6) is 0 Å². The Kier molecular flexibility index (Phi) is 5.83. The van der Waals surface area contributed by atoms with E-state index < -0.39 is 0 Å². The van der Waals surface area contributed by atoms with Crippen molar-refractivity contribution in [1.82, 2.24) is 19.9 Å². The van der Waals surface area contributed by atoms with Crippen LogP contribution in [0.4, 0.5) is 0 Å². The summed E-state index contributed by atoms with van der Waals surface area (Å²) in [6.07, 6.45) is 0. The molecule has 0 bridgehead atoms. The molecule has 0 spiro atoms. The van der Waals surface area contributed by atoms with Crippen LogP contribution in [-0.4, -0.2) is 19.9 Å². The van der Waals surface area contributed by atoms with Gasteiger partial charge in [0.1, 0.15) is 27.8 Å². The first-order valence-electron chi connectivity index (χ1n) is 16.7. The molecule has 4 heterocycles. The Hall–Kier alpha value is -7.12. The molecule has 7 heteroatoms. The standard InChI is InChI=1S/C44H24N4O3/c1-2-10-26(11-3-1)41-46-42(28-19-20-31-30-13-6-7-15-35(30)49-37(31)22-28)48-43(47-41)32-14-8-16-36-40(32)33-23-39-34(24-38(33)50-36)45-44(51-39)29-18-17-25-9-4-5-12-27(25)21-29/h1-24H. The molecule has 4 aromatic heterocycles. The number of rotatable bonds is 4. The fourth-order valence-corrected chi connectivity index (χ4v) is 7.09. The van der Waals surface area contributed by atoms with Gasteiger partial charge >= 0.3 is 0 Å². The maximum atomic E-state index is 6.44. The topological polar surface area (TPSA) is 91.0 Å². The zero-order valence-corrected chi connectivity index (χ0v) is 26.9. The molecular weight excluding hydrogens is 633 g/mol. The van der Waals surface area contributed by atoms with Gasteiger partial charge in [-0.05, 0) is 53.2 Å². The van der Waals surface area contributed by atoms with Crippen molar-refractivity contribution in [3.8, 4) is 45.6 Å². The van der Waals surface area contributed by atoms with Gasteiger partial charge in [-0.3, -0.25) is 0 Å². The fourth-order valence-electron chi connectivity index (χ4n) is 7.09. The van der Waals surface area contributed by atoms with Crippen LogP contribution >= 0.6 is 0 Å². The molecule has 7 aromatic carbocycles. The average Bonchev–Trinajstić information content (AvgIpc) is 3.89. The first kappa shape index (κ1) is 27.8. The van der Waals surface area contributed by atoms with E-state index in [1.165, 1.54) is 5.39 Å². The minimum atomic E-state index is 0.534. The first-order valence-corrected chi connectivity index (χ1v) is 16.7. The summed E-state index contributed by atoms with van der Waals surface area (Å²) >= 11 is 0. The zero-order valence-electron chi connectivity index (χ0n) is 26.9. The number of hydrogen-bond donors (Lipinski definition) is 0. The minimum Gasteiger partial charge on any atom is -0.456 e. The van der Waals surface area contributed by atoms with Crippen LogP contribution in [-0.2, 0) is 0 Å². The predicted octanol–water partition coefficient (Wildman–Crippen LogP) is 11.6. The van der Waals surface area contributed by atoms with Crippen molar-refractivity contribution in [3.05, 3.63) is 146 Å². The molecule has 0 radical (unpaired) electrons. The lowest BCUT2D eigenvalue weighted by atomic mass is 10.0. The largest absolute Gasteiger partial charge is 0.456 e. The molecule has 0 aliphatic rings. The van der Waals surface area contributed by atoms with Crippen molar-refractivity contribution in [2.45, 2.75) is 0 Å². The Morgan fingerprint density at radius 2 is 1.06 bits per heavy atom. The van der Waals surface area contributed by atoms with Gasteiger partial charge in [0.2, 0.25) is 5.89 Å². The fraction of sp³-hybridized carbons (Fsp3) is 0. The molecule has 0 saturated heterocycles. The Balaban J connectivity index is 1.09. The Labute approximate surface area is 289 Å². The monoisotopic (exact) mass is 656 g/mol. The molecule has 7 nitrogen and oxygen atoms in total. The summed E-state index contributed by atoms with van der Waals surface area (Å²) in [6.45, 7) is 0. The summed E-state index contributed by atoms with van der Waals surface area (Å²) in [5.41, 5.74) is 7.90. The third kappa shape index (κ3) is 4.45. The van der Waals surface area contributed by atoms with E-state index in [1.807, 2.05) is 109 Å². The Morgan fingerprint density at radius 1 is 0.353 bits per heavy atom. The Morgan fingerprint density at radius 3 is 1.98 bits per heavy atom. The number of para-hydroxylation sites is 1. The highest BCUT2D eigenvalue weighted by molar-refractivity contribution is 6.14. The van der Waals surface area contributed by atoms with Crippen molar-refractivity contribution in [1.29, 1.82) is 0 Å². The highest BCUT2D eigenvalue weighted by Crippen LogP contribution is 2.40. The SMILES string of the molecule is c1ccc(-c2nc(-c3ccc4c(c3)oc3ccccc34)nc(-c3cccc4oc5cc6nc(-c7ccc8ccccc8c7)oc6cc5c34)n2)cc1. The van der Waals surface area contributed by atoms with Crippen LogP contribution in [0, 0.1) is 0 Å². The van der Waals surface area contributed by atoms with E-state index in [-0.39, 0.29) is 0 Å². The quantitative estimate of drug-likeness (QED) is 0.186. The van der Waals surface area contributed by atoms with E-state index >= 15 is 0 Å². The van der Waals surface area contributed by atoms with Crippen molar-refractivity contribution in [3.63, 3.8) is 0 Å². The number of furan rings is 2. The van der Waals surface area contributed by atoms with E-state index in [4.69, 9.17) is 33.2 Å². The third-order valence-electron chi connectivity index (χ3n) is 9.55. The second kappa shape index (κ2) is 10.7. The molecule has 238 valence electrons. The predicted molar refractivity (Wildman–Crippen MR) is 201 cm³/mol. The minimum absolute atomic E-state index is 0.534. The molecule has 11 rings (SSSR count). The molecule has 0 amide bonds. The van der Waals surface area contributed by atoms with Gasteiger partial charge in [0.05, 0.1) is 0 Å². The summed E-state index contributed by atoms with van der Waals surface area (Å²) < 4.78 is 19.0. The summed E-state index contributed by atoms with van der Waals surface area (Å²) in [4.78, 5) is 19.9. The van der Waals surface area contributed by atoms with E-state index in [9.17, 15) is 0 Å². The first-order chi connectivity index (χ1) is 25.2. The summed E-state index contributed by atoms with van der Waals surface area (Å²) in [5.74, 6) is 2.21. The number of oxazole rings is 1. The molecule has 0 aliphatic heterocycles. The number of hydrogen-bond acceptors (Lipinski definition) is 7. The highest BCUT2D eigenvalue weighted by Gasteiger charge is 2.20. The smallest absolute Gasteiger partial charge is 0.227 e. The molecule has 0 N–H and O–H groups in total. The van der Waals surface area contributed by atoms with Gasteiger partial charge in [0.15, 0.2) is 23.1 Å². The average molecular weight is 657 g/mol. The van der Waals surface area contributed by atoms with Crippen LogP contribution in [0.2, 0.25) is 0 Å². The Bertz CT molecular complexity index is 3160. The maximum absolute atomic E-state index is 6.44.